The number of hydrogen-bond acceptors (Lipinski definition) is 2. The van der Waals surface area contributed by atoms with Gasteiger partial charge in [0.2, 0.25) is 0 Å². The van der Waals surface area contributed by atoms with Gasteiger partial charge in [0.15, 0.2) is 0 Å². The minimum atomic E-state index is -1.68. The van der Waals surface area contributed by atoms with E-state index in [-0.39, 0.29) is 6.42 Å². The monoisotopic (exact) mass is 210 g/mol. The molecular formula is C11H11FO3. The maximum Gasteiger partial charge on any atom is 0.310 e. The zero-order valence-corrected chi connectivity index (χ0v) is 8.24. The number of hydrogen-bond donors (Lipinski definition) is 1. The highest BCUT2D eigenvalue weighted by Gasteiger charge is 2.61. The molecule has 1 saturated carbocycles. The van der Waals surface area contributed by atoms with Gasteiger partial charge < -0.3 is 9.84 Å². The number of ether oxygens (including phenoxy) is 1. The fourth-order valence-electron chi connectivity index (χ4n) is 1.71. The van der Waals surface area contributed by atoms with Crippen LogP contribution in [0.5, 0.6) is 5.75 Å². The van der Waals surface area contributed by atoms with Crippen molar-refractivity contribution >= 4 is 5.97 Å². The Hall–Kier alpha value is -1.58. The van der Waals surface area contributed by atoms with Gasteiger partial charge >= 0.3 is 5.97 Å². The molecule has 4 heteroatoms. The molecule has 80 valence electrons. The Bertz CT molecular complexity index is 387. The molecule has 1 aliphatic rings. The molecule has 15 heavy (non-hydrogen) atoms. The van der Waals surface area contributed by atoms with E-state index in [1.807, 2.05) is 0 Å². The van der Waals surface area contributed by atoms with Crippen LogP contribution in [0.4, 0.5) is 4.39 Å². The van der Waals surface area contributed by atoms with Gasteiger partial charge in [-0.25, -0.2) is 4.39 Å². The van der Waals surface area contributed by atoms with Crippen LogP contribution in [-0.4, -0.2) is 18.2 Å². The minimum absolute atomic E-state index is 0.0641. The average molecular weight is 210 g/mol. The number of carboxylic acids is 1. The standard InChI is InChI=1S/C11H11FO3/c1-15-8-4-2-7(3-5-8)11(12)6-9(11)10(13)14/h2-5,9H,6H2,1H3,(H,13,14)/t9-,11+/m1/s1. The first kappa shape index (κ1) is 9.96. The maximum atomic E-state index is 14.0. The largest absolute Gasteiger partial charge is 0.497 e. The van der Waals surface area contributed by atoms with Gasteiger partial charge in [-0.1, -0.05) is 12.1 Å². The summed E-state index contributed by atoms with van der Waals surface area (Å²) in [6, 6.07) is 6.41. The minimum Gasteiger partial charge on any atom is -0.497 e. The molecule has 2 atom stereocenters. The normalized spacial score (nSPS) is 28.5. The van der Waals surface area contributed by atoms with Gasteiger partial charge in [0.1, 0.15) is 11.4 Å². The highest BCUT2D eigenvalue weighted by Crippen LogP contribution is 2.55. The maximum absolute atomic E-state index is 14.0. The van der Waals surface area contributed by atoms with Crippen LogP contribution in [0.15, 0.2) is 24.3 Å². The van der Waals surface area contributed by atoms with Crippen molar-refractivity contribution in [3.05, 3.63) is 29.8 Å². The molecule has 1 N–H and O–H groups in total. The summed E-state index contributed by atoms with van der Waals surface area (Å²) in [6.45, 7) is 0. The number of rotatable bonds is 3. The molecule has 0 unspecified atom stereocenters. The molecule has 0 amide bonds. The second-order valence-electron chi connectivity index (χ2n) is 3.69. The predicted molar refractivity (Wildman–Crippen MR) is 51.5 cm³/mol. The first-order chi connectivity index (χ1) is 7.08. The highest BCUT2D eigenvalue weighted by atomic mass is 19.1. The molecule has 0 spiro atoms. The van der Waals surface area contributed by atoms with Crippen LogP contribution in [0, 0.1) is 5.92 Å². The summed E-state index contributed by atoms with van der Waals surface area (Å²) >= 11 is 0. The van der Waals surface area contributed by atoms with E-state index in [1.54, 1.807) is 24.3 Å². The lowest BCUT2D eigenvalue weighted by Gasteiger charge is -2.07. The Labute approximate surface area is 86.5 Å². The van der Waals surface area contributed by atoms with Crippen molar-refractivity contribution in [3.8, 4) is 5.75 Å². The van der Waals surface area contributed by atoms with E-state index in [9.17, 15) is 9.18 Å². The molecule has 0 aliphatic heterocycles. The first-order valence-corrected chi connectivity index (χ1v) is 4.64. The molecule has 1 aliphatic carbocycles. The lowest BCUT2D eigenvalue weighted by Crippen LogP contribution is -2.09. The van der Waals surface area contributed by atoms with Crippen LogP contribution in [0.25, 0.3) is 0 Å². The Kier molecular flexibility index (Phi) is 2.14. The van der Waals surface area contributed by atoms with Crippen LogP contribution in [0.1, 0.15) is 12.0 Å². The van der Waals surface area contributed by atoms with Gasteiger partial charge in [-0.15, -0.1) is 0 Å². The van der Waals surface area contributed by atoms with E-state index in [4.69, 9.17) is 9.84 Å². The van der Waals surface area contributed by atoms with Gasteiger partial charge in [-0.05, 0) is 17.7 Å². The van der Waals surface area contributed by atoms with Crippen molar-refractivity contribution in [1.29, 1.82) is 0 Å². The Morgan fingerprint density at radius 3 is 2.53 bits per heavy atom. The number of aliphatic carboxylic acids is 1. The van der Waals surface area contributed by atoms with E-state index in [1.165, 1.54) is 7.11 Å². The molecule has 1 aromatic rings. The molecule has 0 saturated heterocycles. The summed E-state index contributed by atoms with van der Waals surface area (Å²) in [6.07, 6.45) is 0.0641. The van der Waals surface area contributed by atoms with Crippen molar-refractivity contribution in [1.82, 2.24) is 0 Å². The number of benzene rings is 1. The summed E-state index contributed by atoms with van der Waals surface area (Å²) in [5, 5.41) is 8.69. The van der Waals surface area contributed by atoms with Crippen molar-refractivity contribution in [2.45, 2.75) is 12.1 Å². The van der Waals surface area contributed by atoms with E-state index in [0.29, 0.717) is 11.3 Å². The second kappa shape index (κ2) is 3.22. The third-order valence-electron chi connectivity index (χ3n) is 2.76. The molecule has 3 nitrogen and oxygen atoms in total. The lowest BCUT2D eigenvalue weighted by molar-refractivity contribution is -0.139. The molecule has 0 aromatic heterocycles. The molecule has 0 radical (unpaired) electrons. The third-order valence-corrected chi connectivity index (χ3v) is 2.76. The predicted octanol–water partition coefficient (Wildman–Crippen LogP) is 1.96. The fourth-order valence-corrected chi connectivity index (χ4v) is 1.71. The average Bonchev–Trinajstić information content (AvgIpc) is 2.93. The number of methoxy groups -OCH3 is 1. The van der Waals surface area contributed by atoms with E-state index in [2.05, 4.69) is 0 Å². The van der Waals surface area contributed by atoms with Gasteiger partial charge in [0, 0.05) is 6.42 Å². The molecule has 0 bridgehead atoms. The zero-order chi connectivity index (χ0) is 11.1. The number of carbonyl (C=O) groups is 1. The van der Waals surface area contributed by atoms with Crippen molar-refractivity contribution < 1.29 is 19.0 Å². The van der Waals surface area contributed by atoms with Crippen molar-refractivity contribution in [2.75, 3.05) is 7.11 Å². The lowest BCUT2D eigenvalue weighted by atomic mass is 10.1. The van der Waals surface area contributed by atoms with Gasteiger partial charge in [0.25, 0.3) is 0 Å². The van der Waals surface area contributed by atoms with Gasteiger partial charge in [-0.2, -0.15) is 0 Å². The number of alkyl halides is 1. The summed E-state index contributed by atoms with van der Waals surface area (Å²) in [7, 11) is 1.53. The van der Waals surface area contributed by atoms with Gasteiger partial charge in [0.05, 0.1) is 13.0 Å². The van der Waals surface area contributed by atoms with Crippen LogP contribution in [-0.2, 0) is 10.5 Å². The molecular weight excluding hydrogens is 199 g/mol. The molecule has 0 heterocycles. The molecule has 1 aromatic carbocycles. The van der Waals surface area contributed by atoms with E-state index >= 15 is 0 Å². The zero-order valence-electron chi connectivity index (χ0n) is 8.24. The van der Waals surface area contributed by atoms with Crippen LogP contribution in [0.2, 0.25) is 0 Å². The van der Waals surface area contributed by atoms with Gasteiger partial charge in [-0.3, -0.25) is 4.79 Å². The SMILES string of the molecule is COc1ccc([C@@]2(F)C[C@@H]2C(=O)O)cc1. The Morgan fingerprint density at radius 1 is 1.53 bits per heavy atom. The van der Waals surface area contributed by atoms with Crippen molar-refractivity contribution in [2.24, 2.45) is 5.92 Å². The van der Waals surface area contributed by atoms with Crippen LogP contribution in [0.3, 0.4) is 0 Å². The molecule has 1 fully saturated rings. The van der Waals surface area contributed by atoms with Crippen LogP contribution >= 0.6 is 0 Å². The summed E-state index contributed by atoms with van der Waals surface area (Å²) in [4.78, 5) is 10.6. The van der Waals surface area contributed by atoms with E-state index in [0.717, 1.165) is 0 Å². The highest BCUT2D eigenvalue weighted by molar-refractivity contribution is 5.76. The fraction of sp³-hybridized carbons (Fsp3) is 0.364. The topological polar surface area (TPSA) is 46.5 Å². The Morgan fingerprint density at radius 2 is 2.13 bits per heavy atom. The first-order valence-electron chi connectivity index (χ1n) is 4.64. The third kappa shape index (κ3) is 1.56. The second-order valence-corrected chi connectivity index (χ2v) is 3.69. The smallest absolute Gasteiger partial charge is 0.310 e. The van der Waals surface area contributed by atoms with Crippen LogP contribution < -0.4 is 4.74 Å². The van der Waals surface area contributed by atoms with E-state index < -0.39 is 17.6 Å². The summed E-state index contributed by atoms with van der Waals surface area (Å²) in [5.41, 5.74) is -1.27. The summed E-state index contributed by atoms with van der Waals surface area (Å²) in [5.74, 6) is -1.34. The number of carboxylic acid groups (broad SMARTS) is 1. The Balaban J connectivity index is 2.21. The summed E-state index contributed by atoms with van der Waals surface area (Å²) < 4.78 is 18.9. The van der Waals surface area contributed by atoms with Crippen molar-refractivity contribution in [3.63, 3.8) is 0 Å². The quantitative estimate of drug-likeness (QED) is 0.829. The number of halogens is 1. The molecule has 2 rings (SSSR count).